The van der Waals surface area contributed by atoms with Crippen molar-refractivity contribution in [3.63, 3.8) is 0 Å². The molecule has 0 unspecified atom stereocenters. The topological polar surface area (TPSA) is 84.9 Å². The van der Waals surface area contributed by atoms with Gasteiger partial charge in [-0.2, -0.15) is 0 Å². The van der Waals surface area contributed by atoms with Crippen LogP contribution in [0.2, 0.25) is 0 Å². The van der Waals surface area contributed by atoms with Crippen LogP contribution in [-0.2, 0) is 14.8 Å². The maximum absolute atomic E-state index is 12.7. The molecule has 2 aromatic carbocycles. The number of benzene rings is 2. The van der Waals surface area contributed by atoms with Gasteiger partial charge in [0.25, 0.3) is 0 Å². The highest BCUT2D eigenvalue weighted by atomic mass is 32.2. The van der Waals surface area contributed by atoms with Gasteiger partial charge in [-0.25, -0.2) is 8.42 Å². The zero-order valence-electron chi connectivity index (χ0n) is 16.8. The van der Waals surface area contributed by atoms with E-state index in [1.54, 1.807) is 18.2 Å². The van der Waals surface area contributed by atoms with Gasteiger partial charge in [0.1, 0.15) is 19.8 Å². The lowest BCUT2D eigenvalue weighted by molar-refractivity contribution is -0.120. The summed E-state index contributed by atoms with van der Waals surface area (Å²) in [5, 5.41) is 2.94. The second kappa shape index (κ2) is 8.73. The standard InChI is InChI=1S/C21H26N2O5S/c1-4-18(16-7-5-15(2)6-8-16)22-21(24)14-23(29(3,25)26)17-9-10-19-20(13-17)28-12-11-27-19/h5-10,13,18H,4,11-12,14H2,1-3H3,(H,22,24)/t18-/m1/s1. The molecule has 0 radical (unpaired) electrons. The first-order valence-corrected chi connectivity index (χ1v) is 11.4. The Kier molecular flexibility index (Phi) is 6.32. The molecule has 3 rings (SSSR count). The third-order valence-electron chi connectivity index (χ3n) is 4.72. The van der Waals surface area contributed by atoms with Crippen molar-refractivity contribution in [2.75, 3.05) is 30.3 Å². The summed E-state index contributed by atoms with van der Waals surface area (Å²) >= 11 is 0. The van der Waals surface area contributed by atoms with Crippen LogP contribution < -0.4 is 19.1 Å². The van der Waals surface area contributed by atoms with Gasteiger partial charge in [-0.3, -0.25) is 9.10 Å². The van der Waals surface area contributed by atoms with E-state index in [1.807, 2.05) is 38.1 Å². The first-order valence-electron chi connectivity index (χ1n) is 9.51. The van der Waals surface area contributed by atoms with E-state index in [9.17, 15) is 13.2 Å². The molecule has 1 atom stereocenters. The zero-order chi connectivity index (χ0) is 21.0. The second-order valence-corrected chi connectivity index (χ2v) is 8.94. The lowest BCUT2D eigenvalue weighted by atomic mass is 10.0. The minimum Gasteiger partial charge on any atom is -0.486 e. The number of fused-ring (bicyclic) bond motifs is 1. The van der Waals surface area contributed by atoms with Crippen LogP contribution >= 0.6 is 0 Å². The third-order valence-corrected chi connectivity index (χ3v) is 5.87. The maximum atomic E-state index is 12.7. The van der Waals surface area contributed by atoms with Gasteiger partial charge in [-0.1, -0.05) is 36.8 Å². The fourth-order valence-corrected chi connectivity index (χ4v) is 4.03. The van der Waals surface area contributed by atoms with Crippen molar-refractivity contribution in [2.24, 2.45) is 0 Å². The number of nitrogens with zero attached hydrogens (tertiary/aromatic N) is 1. The van der Waals surface area contributed by atoms with Crippen LogP contribution in [0.15, 0.2) is 42.5 Å². The minimum atomic E-state index is -3.68. The molecule has 0 saturated carbocycles. The normalized spacial score (nSPS) is 14.2. The molecular weight excluding hydrogens is 392 g/mol. The van der Waals surface area contributed by atoms with Crippen molar-refractivity contribution < 1.29 is 22.7 Å². The number of nitrogens with one attached hydrogen (secondary N) is 1. The Morgan fingerprint density at radius 2 is 1.76 bits per heavy atom. The molecule has 29 heavy (non-hydrogen) atoms. The van der Waals surface area contributed by atoms with E-state index in [0.717, 1.165) is 21.7 Å². The average molecular weight is 419 g/mol. The Balaban J connectivity index is 1.78. The molecule has 2 aromatic rings. The quantitative estimate of drug-likeness (QED) is 0.747. The largest absolute Gasteiger partial charge is 0.486 e. The maximum Gasteiger partial charge on any atom is 0.241 e. The van der Waals surface area contributed by atoms with Crippen LogP contribution in [0.25, 0.3) is 0 Å². The number of carbonyl (C=O) groups excluding carboxylic acids is 1. The first-order chi connectivity index (χ1) is 13.8. The molecule has 0 fully saturated rings. The lowest BCUT2D eigenvalue weighted by Crippen LogP contribution is -2.41. The fraction of sp³-hybridized carbons (Fsp3) is 0.381. The van der Waals surface area contributed by atoms with Crippen LogP contribution in [0.4, 0.5) is 5.69 Å². The molecule has 1 amide bonds. The second-order valence-electron chi connectivity index (χ2n) is 7.04. The average Bonchev–Trinajstić information content (AvgIpc) is 2.70. The highest BCUT2D eigenvalue weighted by Gasteiger charge is 2.24. The molecule has 0 saturated heterocycles. The molecule has 1 aliphatic heterocycles. The van der Waals surface area contributed by atoms with E-state index < -0.39 is 10.0 Å². The summed E-state index contributed by atoms with van der Waals surface area (Å²) in [7, 11) is -3.68. The third kappa shape index (κ3) is 5.20. The fourth-order valence-electron chi connectivity index (χ4n) is 3.18. The number of rotatable bonds is 7. The lowest BCUT2D eigenvalue weighted by Gasteiger charge is -2.26. The van der Waals surface area contributed by atoms with Crippen LogP contribution in [0, 0.1) is 6.92 Å². The molecule has 0 aliphatic carbocycles. The number of anilines is 1. The van der Waals surface area contributed by atoms with E-state index in [-0.39, 0.29) is 18.5 Å². The Morgan fingerprint density at radius 1 is 1.10 bits per heavy atom. The Morgan fingerprint density at radius 3 is 2.38 bits per heavy atom. The molecule has 0 spiro atoms. The number of carbonyl (C=O) groups is 1. The summed E-state index contributed by atoms with van der Waals surface area (Å²) < 4.78 is 36.8. The predicted molar refractivity (Wildman–Crippen MR) is 112 cm³/mol. The molecule has 8 heteroatoms. The number of sulfonamides is 1. The number of amides is 1. The van der Waals surface area contributed by atoms with Crippen LogP contribution in [0.1, 0.15) is 30.5 Å². The minimum absolute atomic E-state index is 0.190. The van der Waals surface area contributed by atoms with Gasteiger partial charge in [0.05, 0.1) is 18.0 Å². The van der Waals surface area contributed by atoms with Gasteiger partial charge in [0.2, 0.25) is 15.9 Å². The Labute approximate surface area is 171 Å². The number of hydrogen-bond acceptors (Lipinski definition) is 5. The van der Waals surface area contributed by atoms with Crippen molar-refractivity contribution in [1.82, 2.24) is 5.32 Å². The summed E-state index contributed by atoms with van der Waals surface area (Å²) in [6, 6.07) is 12.6. The SMILES string of the molecule is CC[C@@H](NC(=O)CN(c1ccc2c(c1)OCCO2)S(C)(=O)=O)c1ccc(C)cc1. The van der Waals surface area contributed by atoms with E-state index in [4.69, 9.17) is 9.47 Å². The van der Waals surface area contributed by atoms with E-state index in [1.165, 1.54) is 0 Å². The van der Waals surface area contributed by atoms with Crippen molar-refractivity contribution in [2.45, 2.75) is 26.3 Å². The van der Waals surface area contributed by atoms with Crippen molar-refractivity contribution in [3.8, 4) is 11.5 Å². The van der Waals surface area contributed by atoms with Gasteiger partial charge in [0, 0.05) is 6.07 Å². The summed E-state index contributed by atoms with van der Waals surface area (Å²) in [6.45, 7) is 4.49. The summed E-state index contributed by atoms with van der Waals surface area (Å²) in [5.74, 6) is 0.648. The number of aryl methyl sites for hydroxylation is 1. The van der Waals surface area contributed by atoms with Crippen LogP contribution in [0.3, 0.4) is 0 Å². The summed E-state index contributed by atoms with van der Waals surface area (Å²) in [5.41, 5.74) is 2.48. The zero-order valence-corrected chi connectivity index (χ0v) is 17.7. The monoisotopic (exact) mass is 418 g/mol. The van der Waals surface area contributed by atoms with Gasteiger partial charge in [0.15, 0.2) is 11.5 Å². The molecule has 1 N–H and O–H groups in total. The van der Waals surface area contributed by atoms with Crippen molar-refractivity contribution >= 4 is 21.6 Å². The summed E-state index contributed by atoms with van der Waals surface area (Å²) in [6.07, 6.45) is 1.77. The predicted octanol–water partition coefficient (Wildman–Crippen LogP) is 2.80. The van der Waals surface area contributed by atoms with Crippen molar-refractivity contribution in [1.29, 1.82) is 0 Å². The smallest absolute Gasteiger partial charge is 0.241 e. The highest BCUT2D eigenvalue weighted by Crippen LogP contribution is 2.34. The van der Waals surface area contributed by atoms with Crippen molar-refractivity contribution in [3.05, 3.63) is 53.6 Å². The van der Waals surface area contributed by atoms with Gasteiger partial charge >= 0.3 is 0 Å². The Bertz CT molecular complexity index is 973. The van der Waals surface area contributed by atoms with Gasteiger partial charge in [-0.05, 0) is 31.0 Å². The summed E-state index contributed by atoms with van der Waals surface area (Å²) in [4.78, 5) is 12.7. The van der Waals surface area contributed by atoms with E-state index >= 15 is 0 Å². The van der Waals surface area contributed by atoms with Gasteiger partial charge in [-0.15, -0.1) is 0 Å². The molecule has 0 aromatic heterocycles. The molecule has 0 bridgehead atoms. The highest BCUT2D eigenvalue weighted by molar-refractivity contribution is 7.92. The molecule has 156 valence electrons. The molecule has 1 aliphatic rings. The molecule has 1 heterocycles. The van der Waals surface area contributed by atoms with E-state index in [2.05, 4.69) is 5.32 Å². The van der Waals surface area contributed by atoms with Crippen LogP contribution in [-0.4, -0.2) is 40.3 Å². The first kappa shape index (κ1) is 21.0. The number of ether oxygens (including phenoxy) is 2. The molecular formula is C21H26N2O5S. The Hall–Kier alpha value is -2.74. The van der Waals surface area contributed by atoms with Gasteiger partial charge < -0.3 is 14.8 Å². The van der Waals surface area contributed by atoms with Crippen LogP contribution in [0.5, 0.6) is 11.5 Å². The van der Waals surface area contributed by atoms with E-state index in [0.29, 0.717) is 36.8 Å². The molecule has 7 nitrogen and oxygen atoms in total. The number of hydrogen-bond donors (Lipinski definition) is 1.